The van der Waals surface area contributed by atoms with Crippen LogP contribution in [0.3, 0.4) is 0 Å². The predicted molar refractivity (Wildman–Crippen MR) is 105 cm³/mol. The summed E-state index contributed by atoms with van der Waals surface area (Å²) in [7, 11) is 0. The Kier molecular flexibility index (Phi) is 4.72. The summed E-state index contributed by atoms with van der Waals surface area (Å²) < 4.78 is 0. The maximum Gasteiger partial charge on any atom is 0.243 e. The topological polar surface area (TPSA) is 49.4 Å². The van der Waals surface area contributed by atoms with E-state index in [2.05, 4.69) is 5.32 Å². The molecule has 4 nitrogen and oxygen atoms in total. The zero-order valence-electron chi connectivity index (χ0n) is 16.8. The van der Waals surface area contributed by atoms with Crippen molar-refractivity contribution in [2.45, 2.75) is 102 Å². The van der Waals surface area contributed by atoms with Crippen LogP contribution in [0.2, 0.25) is 0 Å². The SMILES string of the molecule is O=C(NC1CCCCCC1)[C@@H]1CCCN1C(=O)C12CC3CC(CC(C3)C1)C2. The zero-order chi connectivity index (χ0) is 18.4. The van der Waals surface area contributed by atoms with Gasteiger partial charge in [0.1, 0.15) is 6.04 Å². The van der Waals surface area contributed by atoms with Crippen LogP contribution in [-0.2, 0) is 9.59 Å². The number of carbonyl (C=O) groups excluding carboxylic acids is 2. The van der Waals surface area contributed by atoms with Gasteiger partial charge in [-0.25, -0.2) is 0 Å². The highest BCUT2D eigenvalue weighted by atomic mass is 16.2. The molecule has 4 heteroatoms. The van der Waals surface area contributed by atoms with Gasteiger partial charge in [0.05, 0.1) is 5.41 Å². The molecule has 1 atom stereocenters. The number of likely N-dealkylation sites (tertiary alicyclic amines) is 1. The van der Waals surface area contributed by atoms with E-state index in [0.29, 0.717) is 11.9 Å². The fraction of sp³-hybridized carbons (Fsp3) is 0.913. The van der Waals surface area contributed by atoms with Gasteiger partial charge in [0.2, 0.25) is 11.8 Å². The van der Waals surface area contributed by atoms with E-state index < -0.39 is 0 Å². The van der Waals surface area contributed by atoms with E-state index in [9.17, 15) is 9.59 Å². The van der Waals surface area contributed by atoms with Crippen LogP contribution in [0.15, 0.2) is 0 Å². The van der Waals surface area contributed by atoms with E-state index in [1.54, 1.807) is 0 Å². The normalized spacial score (nSPS) is 41.6. The van der Waals surface area contributed by atoms with Crippen molar-refractivity contribution in [2.75, 3.05) is 6.54 Å². The first-order valence-corrected chi connectivity index (χ1v) is 11.7. The number of nitrogens with one attached hydrogen (secondary N) is 1. The van der Waals surface area contributed by atoms with Crippen LogP contribution in [-0.4, -0.2) is 35.3 Å². The maximum atomic E-state index is 13.7. The second-order valence-electron chi connectivity index (χ2n) is 10.6. The molecule has 0 radical (unpaired) electrons. The van der Waals surface area contributed by atoms with E-state index in [1.165, 1.54) is 44.9 Å². The summed E-state index contributed by atoms with van der Waals surface area (Å²) in [5.74, 6) is 2.82. The second-order valence-corrected chi connectivity index (χ2v) is 10.6. The van der Waals surface area contributed by atoms with Gasteiger partial charge in [-0.15, -0.1) is 0 Å². The molecular weight excluding hydrogens is 336 g/mol. The second kappa shape index (κ2) is 7.08. The monoisotopic (exact) mass is 372 g/mol. The van der Waals surface area contributed by atoms with Gasteiger partial charge in [-0.05, 0) is 82.0 Å². The lowest BCUT2D eigenvalue weighted by atomic mass is 9.49. The molecule has 0 aromatic carbocycles. The Bertz CT molecular complexity index is 558. The molecular formula is C23H36N2O2. The van der Waals surface area contributed by atoms with E-state index in [0.717, 1.165) is 69.2 Å². The predicted octanol–water partition coefficient (Wildman–Crippen LogP) is 4.03. The minimum atomic E-state index is -0.200. The number of amides is 2. The first kappa shape index (κ1) is 18.0. The van der Waals surface area contributed by atoms with Gasteiger partial charge in [-0.2, -0.15) is 0 Å². The number of nitrogens with zero attached hydrogens (tertiary/aromatic N) is 1. The third-order valence-electron chi connectivity index (χ3n) is 8.51. The standard InChI is InChI=1S/C23H36N2O2/c26-21(24-19-6-3-1-2-4-7-19)20-8-5-9-25(20)22(27)23-13-16-10-17(14-23)12-18(11-16)15-23/h16-20H,1-15H2,(H,24,26)/t16?,17?,18?,20-,23?/m0/s1. The van der Waals surface area contributed by atoms with Crippen LogP contribution in [0.25, 0.3) is 0 Å². The highest BCUT2D eigenvalue weighted by Gasteiger charge is 2.56. The third-order valence-corrected chi connectivity index (χ3v) is 8.51. The summed E-state index contributed by atoms with van der Waals surface area (Å²) >= 11 is 0. The number of hydrogen-bond acceptors (Lipinski definition) is 2. The molecule has 1 N–H and O–H groups in total. The third kappa shape index (κ3) is 3.31. The first-order chi connectivity index (χ1) is 13.1. The molecule has 0 aromatic heterocycles. The van der Waals surface area contributed by atoms with Crippen molar-refractivity contribution >= 4 is 11.8 Å². The smallest absolute Gasteiger partial charge is 0.243 e. The van der Waals surface area contributed by atoms with Gasteiger partial charge < -0.3 is 10.2 Å². The highest BCUT2D eigenvalue weighted by Crippen LogP contribution is 2.60. The summed E-state index contributed by atoms with van der Waals surface area (Å²) in [6.45, 7) is 0.795. The minimum absolute atomic E-state index is 0.111. The Labute approximate surface area is 163 Å². The van der Waals surface area contributed by atoms with Gasteiger partial charge >= 0.3 is 0 Å². The molecule has 5 aliphatic carbocycles. The van der Waals surface area contributed by atoms with Crippen LogP contribution in [0, 0.1) is 23.2 Å². The van der Waals surface area contributed by atoms with E-state index in [-0.39, 0.29) is 17.4 Å². The summed E-state index contributed by atoms with van der Waals surface area (Å²) in [5, 5.41) is 3.33. The van der Waals surface area contributed by atoms with Crippen molar-refractivity contribution in [2.24, 2.45) is 23.2 Å². The Morgan fingerprint density at radius 1 is 0.778 bits per heavy atom. The van der Waals surface area contributed by atoms with E-state index >= 15 is 0 Å². The average Bonchev–Trinajstić information content (AvgIpc) is 2.98. The molecule has 5 saturated carbocycles. The molecule has 0 spiro atoms. The van der Waals surface area contributed by atoms with Crippen LogP contribution < -0.4 is 5.32 Å². The van der Waals surface area contributed by atoms with Crippen molar-refractivity contribution in [1.29, 1.82) is 0 Å². The lowest BCUT2D eigenvalue weighted by molar-refractivity contribution is -0.160. The molecule has 1 heterocycles. The van der Waals surface area contributed by atoms with Crippen molar-refractivity contribution in [3.63, 3.8) is 0 Å². The molecule has 6 rings (SSSR count). The lowest BCUT2D eigenvalue weighted by Gasteiger charge is -2.56. The molecule has 0 unspecified atom stereocenters. The van der Waals surface area contributed by atoms with Gasteiger partial charge in [-0.3, -0.25) is 9.59 Å². The Morgan fingerprint density at radius 3 is 1.96 bits per heavy atom. The van der Waals surface area contributed by atoms with Gasteiger partial charge in [0.25, 0.3) is 0 Å². The average molecular weight is 373 g/mol. The molecule has 27 heavy (non-hydrogen) atoms. The highest BCUT2D eigenvalue weighted by molar-refractivity contribution is 5.91. The van der Waals surface area contributed by atoms with Crippen LogP contribution >= 0.6 is 0 Å². The van der Waals surface area contributed by atoms with Crippen molar-refractivity contribution in [3.05, 3.63) is 0 Å². The van der Waals surface area contributed by atoms with Gasteiger partial charge in [-0.1, -0.05) is 25.7 Å². The molecule has 6 aliphatic rings. The van der Waals surface area contributed by atoms with Gasteiger partial charge in [0, 0.05) is 12.6 Å². The Hall–Kier alpha value is -1.06. The van der Waals surface area contributed by atoms with Crippen molar-refractivity contribution in [1.82, 2.24) is 10.2 Å². The number of carbonyl (C=O) groups is 2. The number of hydrogen-bond donors (Lipinski definition) is 1. The quantitative estimate of drug-likeness (QED) is 0.760. The van der Waals surface area contributed by atoms with Crippen molar-refractivity contribution < 1.29 is 9.59 Å². The first-order valence-electron chi connectivity index (χ1n) is 11.7. The zero-order valence-corrected chi connectivity index (χ0v) is 16.8. The summed E-state index contributed by atoms with van der Waals surface area (Å²) in [4.78, 5) is 28.8. The van der Waals surface area contributed by atoms with E-state index in [1.807, 2.05) is 4.90 Å². The summed E-state index contributed by atoms with van der Waals surface area (Å²) in [6.07, 6.45) is 16.5. The Morgan fingerprint density at radius 2 is 1.37 bits per heavy atom. The molecule has 150 valence electrons. The molecule has 0 aromatic rings. The lowest BCUT2D eigenvalue weighted by Crippen LogP contribution is -2.57. The van der Waals surface area contributed by atoms with Crippen LogP contribution in [0.4, 0.5) is 0 Å². The number of rotatable bonds is 3. The largest absolute Gasteiger partial charge is 0.352 e. The minimum Gasteiger partial charge on any atom is -0.352 e. The molecule has 4 bridgehead atoms. The molecule has 1 saturated heterocycles. The molecule has 1 aliphatic heterocycles. The fourth-order valence-electron chi connectivity index (χ4n) is 7.68. The maximum absolute atomic E-state index is 13.7. The summed E-state index contributed by atoms with van der Waals surface area (Å²) in [5.41, 5.74) is -0.111. The van der Waals surface area contributed by atoms with E-state index in [4.69, 9.17) is 0 Å². The van der Waals surface area contributed by atoms with Gasteiger partial charge in [0.15, 0.2) is 0 Å². The van der Waals surface area contributed by atoms with Crippen LogP contribution in [0.1, 0.15) is 89.9 Å². The fourth-order valence-corrected chi connectivity index (χ4v) is 7.68. The summed E-state index contributed by atoms with van der Waals surface area (Å²) in [6, 6.07) is 0.130. The molecule has 2 amide bonds. The molecule has 6 fully saturated rings. The Balaban J connectivity index is 1.28. The van der Waals surface area contributed by atoms with Crippen LogP contribution in [0.5, 0.6) is 0 Å². The van der Waals surface area contributed by atoms with Crippen molar-refractivity contribution in [3.8, 4) is 0 Å².